The standard InChI is InChI=1S/C39H48ClN3O5/c1-28(41)37(45)42-36(29(2)47-26-31-14-8-5-9-15-31)38(46)43-23-11-18-34(43)21-22-39(3,25-32-16-10-17-33(40)24-32)27-48-35(44)20-19-30-12-6-4-7-13-30/h4-10,12-17,21-22,24,28-29,34,36H,11,18-20,23,25-27,41H2,1-3H3,(H,42,45)/t28-,29+,34-,36-,39-/m0/s1. The summed E-state index contributed by atoms with van der Waals surface area (Å²) in [5, 5.41) is 3.48. The summed E-state index contributed by atoms with van der Waals surface area (Å²) >= 11 is 6.31. The Labute approximate surface area is 289 Å². The van der Waals surface area contributed by atoms with Crippen molar-refractivity contribution in [3.63, 3.8) is 0 Å². The lowest BCUT2D eigenvalue weighted by molar-refractivity contribution is -0.146. The summed E-state index contributed by atoms with van der Waals surface area (Å²) in [5.74, 6) is -0.905. The summed E-state index contributed by atoms with van der Waals surface area (Å²) in [7, 11) is 0. The zero-order chi connectivity index (χ0) is 34.5. The molecule has 0 saturated carbocycles. The monoisotopic (exact) mass is 673 g/mol. The van der Waals surface area contributed by atoms with Crippen molar-refractivity contribution in [3.05, 3.63) is 119 Å². The second-order valence-corrected chi connectivity index (χ2v) is 13.4. The van der Waals surface area contributed by atoms with Gasteiger partial charge in [-0.1, -0.05) is 103 Å². The first-order valence-electron chi connectivity index (χ1n) is 16.7. The van der Waals surface area contributed by atoms with Crippen LogP contribution in [-0.4, -0.2) is 60.1 Å². The Morgan fingerprint density at radius 3 is 2.33 bits per heavy atom. The fraction of sp³-hybridized carbons (Fsp3) is 0.410. The summed E-state index contributed by atoms with van der Waals surface area (Å²) in [6.07, 6.45) is 6.53. The lowest BCUT2D eigenvalue weighted by Gasteiger charge is -2.32. The van der Waals surface area contributed by atoms with Crippen LogP contribution in [0.5, 0.6) is 0 Å². The first-order valence-corrected chi connectivity index (χ1v) is 17.1. The molecule has 5 atom stereocenters. The third-order valence-electron chi connectivity index (χ3n) is 8.63. The van der Waals surface area contributed by atoms with Crippen molar-refractivity contribution < 1.29 is 23.9 Å². The van der Waals surface area contributed by atoms with E-state index in [1.54, 1.807) is 18.7 Å². The van der Waals surface area contributed by atoms with Crippen molar-refractivity contribution in [2.24, 2.45) is 11.1 Å². The fourth-order valence-corrected chi connectivity index (χ4v) is 6.04. The van der Waals surface area contributed by atoms with Crippen molar-refractivity contribution in [2.75, 3.05) is 13.2 Å². The molecule has 0 bridgehead atoms. The van der Waals surface area contributed by atoms with Crippen LogP contribution < -0.4 is 11.1 Å². The Balaban J connectivity index is 1.48. The SMILES string of the molecule is C[C@H](N)C(=O)N[C@H](C(=O)N1CCC[C@H]1C=C[C@](C)(COC(=O)CCc1ccccc1)Cc1cccc(Cl)c1)[C@@H](C)OCc1ccccc1. The van der Waals surface area contributed by atoms with Crippen molar-refractivity contribution in [2.45, 2.75) is 83.7 Å². The molecule has 1 saturated heterocycles. The number of nitrogens with two attached hydrogens (primary N) is 1. The van der Waals surface area contributed by atoms with E-state index in [9.17, 15) is 14.4 Å². The van der Waals surface area contributed by atoms with E-state index >= 15 is 0 Å². The van der Waals surface area contributed by atoms with Gasteiger partial charge in [0.05, 0.1) is 24.8 Å². The molecule has 9 heteroatoms. The summed E-state index contributed by atoms with van der Waals surface area (Å²) in [6.45, 7) is 6.44. The van der Waals surface area contributed by atoms with Gasteiger partial charge in [0, 0.05) is 23.4 Å². The normalized spacial score (nSPS) is 17.8. The molecule has 48 heavy (non-hydrogen) atoms. The van der Waals surface area contributed by atoms with Crippen LogP contribution in [0.2, 0.25) is 5.02 Å². The van der Waals surface area contributed by atoms with E-state index in [0.717, 1.165) is 29.5 Å². The average molecular weight is 674 g/mol. The summed E-state index contributed by atoms with van der Waals surface area (Å²) < 4.78 is 11.9. The van der Waals surface area contributed by atoms with Crippen molar-refractivity contribution >= 4 is 29.4 Å². The number of aryl methyl sites for hydroxylation is 1. The predicted octanol–water partition coefficient (Wildman–Crippen LogP) is 6.05. The second kappa shape index (κ2) is 18.0. The van der Waals surface area contributed by atoms with Gasteiger partial charge < -0.3 is 25.4 Å². The Kier molecular flexibility index (Phi) is 13.8. The molecule has 3 aromatic carbocycles. The highest BCUT2D eigenvalue weighted by Gasteiger charge is 2.37. The van der Waals surface area contributed by atoms with Crippen molar-refractivity contribution in [1.82, 2.24) is 10.2 Å². The van der Waals surface area contributed by atoms with Crippen LogP contribution in [0.1, 0.15) is 56.7 Å². The highest BCUT2D eigenvalue weighted by Crippen LogP contribution is 2.29. The molecular weight excluding hydrogens is 626 g/mol. The zero-order valence-corrected chi connectivity index (χ0v) is 28.9. The molecule has 1 heterocycles. The smallest absolute Gasteiger partial charge is 0.306 e. The van der Waals surface area contributed by atoms with Crippen LogP contribution in [0.3, 0.4) is 0 Å². The van der Waals surface area contributed by atoms with E-state index in [0.29, 0.717) is 31.0 Å². The van der Waals surface area contributed by atoms with Crippen LogP contribution >= 0.6 is 11.6 Å². The van der Waals surface area contributed by atoms with Gasteiger partial charge in [-0.2, -0.15) is 0 Å². The van der Waals surface area contributed by atoms with Crippen molar-refractivity contribution in [3.8, 4) is 0 Å². The quantitative estimate of drug-likeness (QED) is 0.142. The van der Waals surface area contributed by atoms with Gasteiger partial charge in [-0.05, 0) is 68.4 Å². The van der Waals surface area contributed by atoms with Gasteiger partial charge in [-0.3, -0.25) is 14.4 Å². The minimum absolute atomic E-state index is 0.168. The van der Waals surface area contributed by atoms with Gasteiger partial charge in [0.15, 0.2) is 0 Å². The molecule has 1 aliphatic heterocycles. The first kappa shape index (κ1) is 36.8. The Hall–Kier alpha value is -3.98. The van der Waals surface area contributed by atoms with Gasteiger partial charge in [0.1, 0.15) is 12.6 Å². The number of ether oxygens (including phenoxy) is 2. The maximum atomic E-state index is 14.1. The highest BCUT2D eigenvalue weighted by molar-refractivity contribution is 6.30. The molecule has 0 spiro atoms. The van der Waals surface area contributed by atoms with Crippen LogP contribution in [0.25, 0.3) is 0 Å². The third kappa shape index (κ3) is 11.3. The van der Waals surface area contributed by atoms with E-state index < -0.39 is 29.5 Å². The van der Waals surface area contributed by atoms with Crippen LogP contribution in [0.15, 0.2) is 97.1 Å². The molecule has 1 fully saturated rings. The second-order valence-electron chi connectivity index (χ2n) is 13.0. The van der Waals surface area contributed by atoms with Crippen LogP contribution in [0.4, 0.5) is 0 Å². The number of hydrogen-bond donors (Lipinski definition) is 2. The van der Waals surface area contributed by atoms with Gasteiger partial charge in [0.2, 0.25) is 11.8 Å². The largest absolute Gasteiger partial charge is 0.465 e. The van der Waals surface area contributed by atoms with Gasteiger partial charge >= 0.3 is 5.97 Å². The molecule has 3 N–H and O–H groups in total. The van der Waals surface area contributed by atoms with Gasteiger partial charge in [-0.25, -0.2) is 0 Å². The summed E-state index contributed by atoms with van der Waals surface area (Å²) in [4.78, 5) is 41.4. The topological polar surface area (TPSA) is 111 Å². The highest BCUT2D eigenvalue weighted by atomic mass is 35.5. The van der Waals surface area contributed by atoms with Gasteiger partial charge in [-0.15, -0.1) is 0 Å². The Morgan fingerprint density at radius 2 is 1.67 bits per heavy atom. The first-order chi connectivity index (χ1) is 23.0. The number of carbonyl (C=O) groups excluding carboxylic acids is 3. The van der Waals surface area contributed by atoms with E-state index in [1.165, 1.54) is 0 Å². The molecular formula is C39H48ClN3O5. The number of amides is 2. The zero-order valence-electron chi connectivity index (χ0n) is 28.1. The number of likely N-dealkylation sites (tertiary alicyclic amines) is 1. The minimum Gasteiger partial charge on any atom is -0.465 e. The molecule has 256 valence electrons. The molecule has 2 amide bonds. The van der Waals surface area contributed by atoms with E-state index in [4.69, 9.17) is 26.8 Å². The lowest BCUT2D eigenvalue weighted by Crippen LogP contribution is -2.57. The number of hydrogen-bond acceptors (Lipinski definition) is 6. The molecule has 1 aliphatic rings. The number of halogens is 1. The maximum absolute atomic E-state index is 14.1. The number of benzene rings is 3. The maximum Gasteiger partial charge on any atom is 0.306 e. The van der Waals surface area contributed by atoms with E-state index in [-0.39, 0.29) is 30.9 Å². The number of esters is 1. The predicted molar refractivity (Wildman–Crippen MR) is 189 cm³/mol. The molecule has 4 rings (SSSR count). The number of carbonyl (C=O) groups is 3. The third-order valence-corrected chi connectivity index (χ3v) is 8.86. The number of nitrogens with zero attached hydrogens (tertiary/aromatic N) is 1. The molecule has 0 unspecified atom stereocenters. The minimum atomic E-state index is -0.912. The molecule has 0 aromatic heterocycles. The number of rotatable bonds is 16. The van der Waals surface area contributed by atoms with Crippen LogP contribution in [-0.2, 0) is 43.3 Å². The van der Waals surface area contributed by atoms with E-state index in [1.807, 2.05) is 97.9 Å². The van der Waals surface area contributed by atoms with Crippen molar-refractivity contribution in [1.29, 1.82) is 0 Å². The Morgan fingerprint density at radius 1 is 1.00 bits per heavy atom. The molecule has 8 nitrogen and oxygen atoms in total. The van der Waals surface area contributed by atoms with E-state index in [2.05, 4.69) is 11.4 Å². The molecule has 3 aromatic rings. The molecule has 0 aliphatic carbocycles. The van der Waals surface area contributed by atoms with Crippen LogP contribution in [0, 0.1) is 5.41 Å². The summed E-state index contributed by atoms with van der Waals surface area (Å²) in [5.41, 5.74) is 8.35. The Bertz CT molecular complexity index is 1520. The van der Waals surface area contributed by atoms with Gasteiger partial charge in [0.25, 0.3) is 0 Å². The number of nitrogens with one attached hydrogen (secondary N) is 1. The fourth-order valence-electron chi connectivity index (χ4n) is 5.83. The average Bonchev–Trinajstić information content (AvgIpc) is 3.56. The lowest BCUT2D eigenvalue weighted by atomic mass is 9.83. The molecule has 0 radical (unpaired) electrons. The summed E-state index contributed by atoms with van der Waals surface area (Å²) in [6, 6.07) is 25.3.